The zero-order chi connectivity index (χ0) is 24.9. The average molecular weight is 498 g/mol. The zero-order valence-corrected chi connectivity index (χ0v) is 21.4. The van der Waals surface area contributed by atoms with E-state index in [0.29, 0.717) is 11.6 Å². The van der Waals surface area contributed by atoms with Gasteiger partial charge in [0, 0.05) is 17.0 Å². The van der Waals surface area contributed by atoms with Crippen molar-refractivity contribution in [2.24, 2.45) is 11.3 Å². The van der Waals surface area contributed by atoms with Crippen molar-refractivity contribution < 1.29 is 19.2 Å². The SMILES string of the molecule is CCCCC(CC)CN1CC(=O)N(C(C(=O)Nc2cc(Cl)ccc2Cl)C(=O)C(C)(C)C)C1=O. The number of benzene rings is 1. The van der Waals surface area contributed by atoms with E-state index in [-0.39, 0.29) is 23.2 Å². The van der Waals surface area contributed by atoms with Gasteiger partial charge in [0.15, 0.2) is 11.8 Å². The van der Waals surface area contributed by atoms with Crippen LogP contribution in [0.3, 0.4) is 0 Å². The van der Waals surface area contributed by atoms with Crippen LogP contribution in [0.25, 0.3) is 0 Å². The number of halogens is 2. The monoisotopic (exact) mass is 497 g/mol. The Labute approximate surface area is 205 Å². The average Bonchev–Trinajstić information content (AvgIpc) is 3.00. The number of hydrogen-bond acceptors (Lipinski definition) is 4. The number of hydrogen-bond donors (Lipinski definition) is 1. The minimum Gasteiger partial charge on any atom is -0.322 e. The van der Waals surface area contributed by atoms with Crippen LogP contribution in [0, 0.1) is 11.3 Å². The van der Waals surface area contributed by atoms with Crippen LogP contribution in [0.1, 0.15) is 60.3 Å². The summed E-state index contributed by atoms with van der Waals surface area (Å²) in [4.78, 5) is 54.9. The molecule has 7 nitrogen and oxygen atoms in total. The van der Waals surface area contributed by atoms with Gasteiger partial charge >= 0.3 is 6.03 Å². The third kappa shape index (κ3) is 6.70. The zero-order valence-electron chi connectivity index (χ0n) is 19.9. The molecule has 1 saturated heterocycles. The maximum atomic E-state index is 13.3. The molecule has 0 aliphatic carbocycles. The van der Waals surface area contributed by atoms with E-state index >= 15 is 0 Å². The fourth-order valence-electron chi connectivity index (χ4n) is 3.75. The van der Waals surface area contributed by atoms with E-state index in [1.54, 1.807) is 26.8 Å². The topological polar surface area (TPSA) is 86.8 Å². The first-order valence-electron chi connectivity index (χ1n) is 11.3. The normalized spacial score (nSPS) is 16.2. The van der Waals surface area contributed by atoms with Crippen LogP contribution in [-0.4, -0.2) is 52.6 Å². The van der Waals surface area contributed by atoms with Crippen molar-refractivity contribution in [3.63, 3.8) is 0 Å². The molecule has 182 valence electrons. The molecule has 2 unspecified atom stereocenters. The predicted octanol–water partition coefficient (Wildman–Crippen LogP) is 5.40. The Morgan fingerprint density at radius 1 is 1.15 bits per heavy atom. The number of ketones is 1. The number of nitrogens with zero attached hydrogens (tertiary/aromatic N) is 2. The van der Waals surface area contributed by atoms with Crippen LogP contribution in [0.4, 0.5) is 10.5 Å². The maximum absolute atomic E-state index is 13.3. The number of unbranched alkanes of at least 4 members (excludes halogenated alkanes) is 1. The van der Waals surface area contributed by atoms with Gasteiger partial charge in [0.05, 0.1) is 10.7 Å². The van der Waals surface area contributed by atoms with Gasteiger partial charge in [0.25, 0.3) is 11.8 Å². The predicted molar refractivity (Wildman–Crippen MR) is 130 cm³/mol. The Bertz CT molecular complexity index is 913. The molecule has 1 fully saturated rings. The smallest absolute Gasteiger partial charge is 0.322 e. The molecule has 2 atom stereocenters. The summed E-state index contributed by atoms with van der Waals surface area (Å²) in [7, 11) is 0. The molecule has 0 spiro atoms. The lowest BCUT2D eigenvalue weighted by atomic mass is 9.85. The van der Waals surface area contributed by atoms with E-state index in [9.17, 15) is 19.2 Å². The molecule has 0 saturated carbocycles. The standard InChI is InChI=1S/C24H33Cl2N3O4/c1-6-8-9-15(7-2)13-28-14-19(30)29(23(28)33)20(21(31)24(3,4)5)22(32)27-18-12-16(25)10-11-17(18)26/h10-12,15,20H,6-9,13-14H2,1-5H3,(H,27,32). The second-order valence-electron chi connectivity index (χ2n) is 9.47. The lowest BCUT2D eigenvalue weighted by Crippen LogP contribution is -2.55. The Morgan fingerprint density at radius 3 is 2.39 bits per heavy atom. The molecule has 1 aromatic carbocycles. The number of rotatable bonds is 10. The Balaban J connectivity index is 2.34. The van der Waals surface area contributed by atoms with Crippen LogP contribution in [-0.2, 0) is 14.4 Å². The lowest BCUT2D eigenvalue weighted by molar-refractivity contribution is -0.143. The number of urea groups is 1. The van der Waals surface area contributed by atoms with Gasteiger partial charge in [-0.25, -0.2) is 9.69 Å². The van der Waals surface area contributed by atoms with Gasteiger partial charge in [0.1, 0.15) is 6.54 Å². The van der Waals surface area contributed by atoms with Gasteiger partial charge in [-0.3, -0.25) is 14.4 Å². The van der Waals surface area contributed by atoms with Crippen LogP contribution in [0.15, 0.2) is 18.2 Å². The van der Waals surface area contributed by atoms with E-state index < -0.39 is 35.1 Å². The number of carbonyl (C=O) groups excluding carboxylic acids is 4. The number of Topliss-reactive ketones (excluding diaryl/α,β-unsaturated/α-hetero) is 1. The number of carbonyl (C=O) groups is 4. The molecule has 1 aliphatic heterocycles. The van der Waals surface area contributed by atoms with Crippen LogP contribution >= 0.6 is 23.2 Å². The van der Waals surface area contributed by atoms with Gasteiger partial charge in [0.2, 0.25) is 0 Å². The highest BCUT2D eigenvalue weighted by molar-refractivity contribution is 6.36. The molecule has 1 aromatic rings. The van der Waals surface area contributed by atoms with Crippen molar-refractivity contribution >= 4 is 52.5 Å². The minimum atomic E-state index is -1.61. The summed E-state index contributed by atoms with van der Waals surface area (Å²) in [5, 5.41) is 3.13. The molecule has 4 amide bonds. The molecular weight excluding hydrogens is 465 g/mol. The van der Waals surface area contributed by atoms with Gasteiger partial charge in [-0.1, -0.05) is 77.1 Å². The highest BCUT2D eigenvalue weighted by atomic mass is 35.5. The molecule has 1 aliphatic rings. The van der Waals surface area contributed by atoms with Crippen molar-refractivity contribution in [3.8, 4) is 0 Å². The van der Waals surface area contributed by atoms with Gasteiger partial charge in [-0.15, -0.1) is 0 Å². The third-order valence-electron chi connectivity index (χ3n) is 5.77. The van der Waals surface area contributed by atoms with Crippen LogP contribution in [0.2, 0.25) is 10.0 Å². The van der Waals surface area contributed by atoms with E-state index in [0.717, 1.165) is 30.6 Å². The molecule has 2 rings (SSSR count). The second-order valence-corrected chi connectivity index (χ2v) is 10.3. The van der Waals surface area contributed by atoms with Crippen molar-refractivity contribution in [2.45, 2.75) is 66.3 Å². The van der Waals surface area contributed by atoms with Gasteiger partial charge in [-0.05, 0) is 30.5 Å². The molecule has 0 bridgehead atoms. The molecule has 0 radical (unpaired) electrons. The third-order valence-corrected chi connectivity index (χ3v) is 6.34. The fraction of sp³-hybridized carbons (Fsp3) is 0.583. The molecule has 9 heteroatoms. The number of amides is 4. The fourth-order valence-corrected chi connectivity index (χ4v) is 4.09. The largest absolute Gasteiger partial charge is 0.328 e. The molecule has 1 heterocycles. The van der Waals surface area contributed by atoms with Crippen LogP contribution < -0.4 is 5.32 Å². The summed E-state index contributed by atoms with van der Waals surface area (Å²) in [6.07, 6.45) is 3.90. The van der Waals surface area contributed by atoms with E-state index in [2.05, 4.69) is 19.2 Å². The Morgan fingerprint density at radius 2 is 1.82 bits per heavy atom. The second kappa shape index (κ2) is 11.3. The summed E-state index contributed by atoms with van der Waals surface area (Å²) < 4.78 is 0. The Kier molecular flexibility index (Phi) is 9.32. The maximum Gasteiger partial charge on any atom is 0.328 e. The first-order chi connectivity index (χ1) is 15.4. The molecule has 33 heavy (non-hydrogen) atoms. The minimum absolute atomic E-state index is 0.152. The van der Waals surface area contributed by atoms with Crippen molar-refractivity contribution in [1.82, 2.24) is 9.80 Å². The van der Waals surface area contributed by atoms with Gasteiger partial charge < -0.3 is 10.2 Å². The molecule has 0 aromatic heterocycles. The van der Waals surface area contributed by atoms with E-state index in [1.807, 2.05) is 0 Å². The quantitative estimate of drug-likeness (QED) is 0.346. The van der Waals surface area contributed by atoms with E-state index in [4.69, 9.17) is 23.2 Å². The Hall–Kier alpha value is -2.12. The van der Waals surface area contributed by atoms with Crippen molar-refractivity contribution in [1.29, 1.82) is 0 Å². The summed E-state index contributed by atoms with van der Waals surface area (Å²) in [5.41, 5.74) is -0.774. The first-order valence-corrected chi connectivity index (χ1v) is 12.1. The summed E-state index contributed by atoms with van der Waals surface area (Å²) >= 11 is 12.2. The summed E-state index contributed by atoms with van der Waals surface area (Å²) in [5.74, 6) is -1.67. The van der Waals surface area contributed by atoms with Crippen LogP contribution in [0.5, 0.6) is 0 Å². The highest BCUT2D eigenvalue weighted by Gasteiger charge is 2.49. The summed E-state index contributed by atoms with van der Waals surface area (Å²) in [6, 6.07) is 2.28. The number of nitrogens with one attached hydrogen (secondary N) is 1. The lowest BCUT2D eigenvalue weighted by Gasteiger charge is -2.30. The highest BCUT2D eigenvalue weighted by Crippen LogP contribution is 2.29. The van der Waals surface area contributed by atoms with E-state index in [1.165, 1.54) is 17.0 Å². The van der Waals surface area contributed by atoms with Crippen molar-refractivity contribution in [3.05, 3.63) is 28.2 Å². The molecule has 1 N–H and O–H groups in total. The number of imide groups is 1. The number of anilines is 1. The van der Waals surface area contributed by atoms with Crippen molar-refractivity contribution in [2.75, 3.05) is 18.4 Å². The van der Waals surface area contributed by atoms with Gasteiger partial charge in [-0.2, -0.15) is 0 Å². The summed E-state index contributed by atoms with van der Waals surface area (Å²) in [6.45, 7) is 9.34. The molecular formula is C24H33Cl2N3O4. The first kappa shape index (κ1) is 27.1.